The molecule has 0 spiro atoms. The molecule has 5 rings (SSSR count). The van der Waals surface area contributed by atoms with Gasteiger partial charge in [-0.25, -0.2) is 14.3 Å². The van der Waals surface area contributed by atoms with Crippen LogP contribution in [0.5, 0.6) is 17.2 Å². The predicted octanol–water partition coefficient (Wildman–Crippen LogP) is 4.95. The molecular formula is C28H31N5O5. The van der Waals surface area contributed by atoms with E-state index in [0.717, 1.165) is 17.5 Å². The van der Waals surface area contributed by atoms with Crippen molar-refractivity contribution in [3.05, 3.63) is 66.0 Å². The summed E-state index contributed by atoms with van der Waals surface area (Å²) in [5.74, 6) is 1.27. The second-order valence-electron chi connectivity index (χ2n) is 10.3. The Hall–Kier alpha value is -4.47. The second kappa shape index (κ2) is 9.77. The van der Waals surface area contributed by atoms with Crippen LogP contribution in [0.15, 0.2) is 54.7 Å². The molecule has 2 amide bonds. The quantitative estimate of drug-likeness (QED) is 0.373. The fourth-order valence-electron chi connectivity index (χ4n) is 4.68. The summed E-state index contributed by atoms with van der Waals surface area (Å²) in [6.45, 7) is 6.64. The maximum atomic E-state index is 12.5. The molecule has 10 nitrogen and oxygen atoms in total. The maximum Gasteiger partial charge on any atom is 0.410 e. The van der Waals surface area contributed by atoms with E-state index in [1.54, 1.807) is 28.7 Å². The van der Waals surface area contributed by atoms with Crippen LogP contribution in [0.2, 0.25) is 0 Å². The summed E-state index contributed by atoms with van der Waals surface area (Å²) in [7, 11) is 1.59. The molecule has 2 aromatic heterocycles. The molecule has 0 radical (unpaired) electrons. The number of amides is 2. The number of carbonyl (C=O) groups excluding carboxylic acids is 2. The Bertz CT molecular complexity index is 1480. The van der Waals surface area contributed by atoms with Gasteiger partial charge in [-0.3, -0.25) is 9.89 Å². The summed E-state index contributed by atoms with van der Waals surface area (Å²) in [5, 5.41) is 3.12. The minimum Gasteiger partial charge on any atom is -0.493 e. The molecular weight excluding hydrogens is 486 g/mol. The van der Waals surface area contributed by atoms with Gasteiger partial charge in [0.15, 0.2) is 22.8 Å². The first-order chi connectivity index (χ1) is 18.1. The molecule has 0 saturated carbocycles. The average molecular weight is 518 g/mol. The topological polar surface area (TPSA) is 124 Å². The van der Waals surface area contributed by atoms with Gasteiger partial charge in [0.2, 0.25) is 0 Å². The molecule has 2 aromatic carbocycles. The molecule has 1 unspecified atom stereocenters. The molecule has 1 atom stereocenters. The number of hydrogen-bond acceptors (Lipinski definition) is 6. The normalized spacial score (nSPS) is 15.6. The van der Waals surface area contributed by atoms with Crippen LogP contribution in [0.25, 0.3) is 16.9 Å². The summed E-state index contributed by atoms with van der Waals surface area (Å²) < 4.78 is 18.5. The molecule has 1 fully saturated rings. The lowest BCUT2D eigenvalue weighted by atomic mass is 10.0. The number of rotatable bonds is 6. The highest BCUT2D eigenvalue weighted by Crippen LogP contribution is 2.35. The summed E-state index contributed by atoms with van der Waals surface area (Å²) in [6.07, 6.45) is 2.26. The zero-order valence-electron chi connectivity index (χ0n) is 21.9. The Morgan fingerprint density at radius 3 is 2.45 bits per heavy atom. The van der Waals surface area contributed by atoms with E-state index in [9.17, 15) is 9.59 Å². The van der Waals surface area contributed by atoms with E-state index >= 15 is 0 Å². The van der Waals surface area contributed by atoms with Crippen LogP contribution in [-0.4, -0.2) is 57.3 Å². The van der Waals surface area contributed by atoms with Crippen molar-refractivity contribution in [1.82, 2.24) is 19.5 Å². The van der Waals surface area contributed by atoms with Gasteiger partial charge < -0.3 is 24.8 Å². The first kappa shape index (κ1) is 25.2. The van der Waals surface area contributed by atoms with Crippen molar-refractivity contribution in [2.75, 3.05) is 20.2 Å². The van der Waals surface area contributed by atoms with Gasteiger partial charge in [-0.15, -0.1) is 0 Å². The van der Waals surface area contributed by atoms with Gasteiger partial charge in [0, 0.05) is 36.3 Å². The van der Waals surface area contributed by atoms with E-state index in [1.165, 1.54) is 0 Å². The number of para-hydroxylation sites is 2. The molecule has 0 aliphatic carbocycles. The van der Waals surface area contributed by atoms with Gasteiger partial charge in [0.1, 0.15) is 17.0 Å². The Labute approximate surface area is 220 Å². The standard InChI is InChI=1S/C28H31N5O5/c1-28(2,3)38-27(35)32-14-13-18(16-32)20-15-30-33-24(25(29)34)23(31-26(20)33)17-9-11-19(12-10-17)37-22-8-6-5-7-21(22)36-4/h5-12,15,18,30H,13-14,16H2,1-4H3,(H2,29,34). The van der Waals surface area contributed by atoms with E-state index in [0.29, 0.717) is 41.7 Å². The highest BCUT2D eigenvalue weighted by atomic mass is 16.6. The van der Waals surface area contributed by atoms with Gasteiger partial charge in [0.05, 0.1) is 7.11 Å². The lowest BCUT2D eigenvalue weighted by Gasteiger charge is -2.24. The Kier molecular flexibility index (Phi) is 6.48. The Morgan fingerprint density at radius 1 is 1.08 bits per heavy atom. The number of imidazole rings is 1. The summed E-state index contributed by atoms with van der Waals surface area (Å²) in [6, 6.07) is 14.7. The van der Waals surface area contributed by atoms with Crippen molar-refractivity contribution in [2.24, 2.45) is 5.73 Å². The SMILES string of the molecule is COc1ccccc1Oc1ccc(-c2nc3c(C4CCN(C(=O)OC(C)(C)C)C4)c[nH]n3c2C(N)=O)cc1. The van der Waals surface area contributed by atoms with Gasteiger partial charge >= 0.3 is 6.09 Å². The van der Waals surface area contributed by atoms with E-state index in [-0.39, 0.29) is 17.7 Å². The van der Waals surface area contributed by atoms with Crippen LogP contribution in [0.1, 0.15) is 49.2 Å². The van der Waals surface area contributed by atoms with Crippen LogP contribution in [0.3, 0.4) is 0 Å². The third kappa shape index (κ3) is 4.89. The number of fused-ring (bicyclic) bond motifs is 1. The van der Waals surface area contributed by atoms with E-state index in [1.807, 2.05) is 63.4 Å². The third-order valence-corrected chi connectivity index (χ3v) is 6.42. The monoisotopic (exact) mass is 517 g/mol. The number of nitrogens with two attached hydrogens (primary N) is 1. The predicted molar refractivity (Wildman–Crippen MR) is 142 cm³/mol. The van der Waals surface area contributed by atoms with Crippen molar-refractivity contribution in [3.8, 4) is 28.5 Å². The first-order valence-electron chi connectivity index (χ1n) is 12.4. The number of likely N-dealkylation sites (tertiary alicyclic amines) is 1. The average Bonchev–Trinajstić information content (AvgIpc) is 3.59. The number of aromatic amines is 1. The van der Waals surface area contributed by atoms with Gasteiger partial charge in [0.25, 0.3) is 5.91 Å². The van der Waals surface area contributed by atoms with Gasteiger partial charge in [-0.2, -0.15) is 0 Å². The summed E-state index contributed by atoms with van der Waals surface area (Å²) in [5.41, 5.74) is 8.20. The molecule has 3 heterocycles. The van der Waals surface area contributed by atoms with Gasteiger partial charge in [-0.05, 0) is 63.6 Å². The zero-order valence-corrected chi connectivity index (χ0v) is 21.9. The lowest BCUT2D eigenvalue weighted by Crippen LogP contribution is -2.35. The Morgan fingerprint density at radius 2 is 1.79 bits per heavy atom. The largest absolute Gasteiger partial charge is 0.493 e. The fraction of sp³-hybridized carbons (Fsp3) is 0.321. The van der Waals surface area contributed by atoms with Crippen LogP contribution in [0, 0.1) is 0 Å². The molecule has 4 aromatic rings. The summed E-state index contributed by atoms with van der Waals surface area (Å²) in [4.78, 5) is 31.6. The number of nitrogens with zero attached hydrogens (tertiary/aromatic N) is 3. The van der Waals surface area contributed by atoms with Crippen LogP contribution < -0.4 is 15.2 Å². The maximum absolute atomic E-state index is 12.5. The van der Waals surface area contributed by atoms with E-state index < -0.39 is 11.5 Å². The molecule has 1 saturated heterocycles. The third-order valence-electron chi connectivity index (χ3n) is 6.42. The highest BCUT2D eigenvalue weighted by molar-refractivity contribution is 5.98. The number of primary amides is 1. The molecule has 1 aliphatic rings. The number of carbonyl (C=O) groups is 2. The fourth-order valence-corrected chi connectivity index (χ4v) is 4.68. The zero-order chi connectivity index (χ0) is 27.0. The molecule has 3 N–H and O–H groups in total. The highest BCUT2D eigenvalue weighted by Gasteiger charge is 2.33. The number of methoxy groups -OCH3 is 1. The Balaban J connectivity index is 1.41. The number of hydrogen-bond donors (Lipinski definition) is 2. The van der Waals surface area contributed by atoms with E-state index in [2.05, 4.69) is 5.10 Å². The van der Waals surface area contributed by atoms with Gasteiger partial charge in [-0.1, -0.05) is 12.1 Å². The van der Waals surface area contributed by atoms with Crippen molar-refractivity contribution < 1.29 is 23.8 Å². The molecule has 0 bridgehead atoms. The molecule has 38 heavy (non-hydrogen) atoms. The molecule has 198 valence electrons. The smallest absolute Gasteiger partial charge is 0.410 e. The van der Waals surface area contributed by atoms with Crippen LogP contribution in [0.4, 0.5) is 4.79 Å². The lowest BCUT2D eigenvalue weighted by molar-refractivity contribution is 0.0292. The minimum absolute atomic E-state index is 0.0453. The van der Waals surface area contributed by atoms with Crippen LogP contribution in [-0.2, 0) is 4.74 Å². The first-order valence-corrected chi connectivity index (χ1v) is 12.4. The van der Waals surface area contributed by atoms with Crippen molar-refractivity contribution in [2.45, 2.75) is 38.7 Å². The minimum atomic E-state index is -0.600. The second-order valence-corrected chi connectivity index (χ2v) is 10.3. The number of H-pyrrole nitrogens is 1. The van der Waals surface area contributed by atoms with E-state index in [4.69, 9.17) is 24.9 Å². The number of nitrogens with one attached hydrogen (secondary N) is 1. The summed E-state index contributed by atoms with van der Waals surface area (Å²) >= 11 is 0. The number of ether oxygens (including phenoxy) is 3. The van der Waals surface area contributed by atoms with Crippen LogP contribution >= 0.6 is 0 Å². The number of aromatic nitrogens is 3. The molecule has 1 aliphatic heterocycles. The van der Waals surface area contributed by atoms with Crippen molar-refractivity contribution in [3.63, 3.8) is 0 Å². The number of benzene rings is 2. The van der Waals surface area contributed by atoms with Crippen molar-refractivity contribution >= 4 is 17.6 Å². The van der Waals surface area contributed by atoms with Crippen molar-refractivity contribution in [1.29, 1.82) is 0 Å². The molecule has 10 heteroatoms.